The molecule has 4 rings (SSSR count). The zero-order valence-corrected chi connectivity index (χ0v) is 17.1. The van der Waals surface area contributed by atoms with Crippen LogP contribution in [0.15, 0.2) is 36.4 Å². The van der Waals surface area contributed by atoms with Gasteiger partial charge >= 0.3 is 0 Å². The maximum atomic E-state index is 12.9. The standard InChI is InChI=1S/C21H28N6O2/c1-24-9-11-25(12-10-24)19-7-8-20(23-22-19)26-13-15-27(16-14-26)21(28)17-5-3-4-6-18(17)29-2/h3-8H,9-16H2,1-2H3. The molecule has 0 atom stereocenters. The van der Waals surface area contributed by atoms with E-state index in [0.29, 0.717) is 24.4 Å². The Morgan fingerprint density at radius 2 is 1.38 bits per heavy atom. The quantitative estimate of drug-likeness (QED) is 0.769. The minimum absolute atomic E-state index is 0.0126. The van der Waals surface area contributed by atoms with Gasteiger partial charge in [0.1, 0.15) is 5.75 Å². The van der Waals surface area contributed by atoms with Crippen LogP contribution in [0.1, 0.15) is 10.4 Å². The highest BCUT2D eigenvalue weighted by molar-refractivity contribution is 5.97. The van der Waals surface area contributed by atoms with Gasteiger partial charge in [0.2, 0.25) is 0 Å². The van der Waals surface area contributed by atoms with Crippen LogP contribution in [-0.2, 0) is 0 Å². The Bertz CT molecular complexity index is 827. The molecule has 2 saturated heterocycles. The van der Waals surface area contributed by atoms with Crippen LogP contribution in [0.3, 0.4) is 0 Å². The molecule has 0 spiro atoms. The fraction of sp³-hybridized carbons (Fsp3) is 0.476. The fourth-order valence-electron chi connectivity index (χ4n) is 3.82. The monoisotopic (exact) mass is 396 g/mol. The van der Waals surface area contributed by atoms with Crippen LogP contribution in [-0.4, -0.2) is 92.4 Å². The van der Waals surface area contributed by atoms with Gasteiger partial charge in [-0.15, -0.1) is 10.2 Å². The number of anilines is 2. The number of rotatable bonds is 4. The number of piperazine rings is 2. The first-order valence-electron chi connectivity index (χ1n) is 10.1. The number of ether oxygens (including phenoxy) is 1. The van der Waals surface area contributed by atoms with Crippen molar-refractivity contribution in [1.82, 2.24) is 20.0 Å². The number of para-hydroxylation sites is 1. The van der Waals surface area contributed by atoms with Crippen molar-refractivity contribution in [3.05, 3.63) is 42.0 Å². The number of nitrogens with zero attached hydrogens (tertiary/aromatic N) is 6. The second-order valence-electron chi connectivity index (χ2n) is 7.52. The molecule has 3 heterocycles. The van der Waals surface area contributed by atoms with Crippen molar-refractivity contribution in [3.8, 4) is 5.75 Å². The summed E-state index contributed by atoms with van der Waals surface area (Å²) in [5.41, 5.74) is 0.611. The number of aromatic nitrogens is 2. The third-order valence-corrected chi connectivity index (χ3v) is 5.69. The van der Waals surface area contributed by atoms with Crippen molar-refractivity contribution in [2.24, 2.45) is 0 Å². The number of carbonyl (C=O) groups excluding carboxylic acids is 1. The lowest BCUT2D eigenvalue weighted by Crippen LogP contribution is -2.49. The van der Waals surface area contributed by atoms with E-state index in [0.717, 1.165) is 50.9 Å². The zero-order valence-electron chi connectivity index (χ0n) is 17.1. The van der Waals surface area contributed by atoms with Crippen molar-refractivity contribution in [2.75, 3.05) is 76.3 Å². The van der Waals surface area contributed by atoms with E-state index in [1.54, 1.807) is 7.11 Å². The molecule has 0 unspecified atom stereocenters. The van der Waals surface area contributed by atoms with Crippen LogP contribution in [0, 0.1) is 0 Å². The number of methoxy groups -OCH3 is 1. The summed E-state index contributed by atoms with van der Waals surface area (Å²) in [5.74, 6) is 2.43. The lowest BCUT2D eigenvalue weighted by molar-refractivity contribution is 0.0743. The predicted molar refractivity (Wildman–Crippen MR) is 113 cm³/mol. The Balaban J connectivity index is 1.35. The van der Waals surface area contributed by atoms with Crippen LogP contribution in [0.5, 0.6) is 5.75 Å². The molecule has 0 aliphatic carbocycles. The highest BCUT2D eigenvalue weighted by Gasteiger charge is 2.25. The molecule has 2 fully saturated rings. The minimum atomic E-state index is 0.0126. The molecule has 0 N–H and O–H groups in total. The van der Waals surface area contributed by atoms with E-state index in [2.05, 4.69) is 38.0 Å². The van der Waals surface area contributed by atoms with E-state index in [1.807, 2.05) is 35.2 Å². The number of amides is 1. The average Bonchev–Trinajstić information content (AvgIpc) is 2.79. The first-order chi connectivity index (χ1) is 14.2. The number of hydrogen-bond donors (Lipinski definition) is 0. The number of benzene rings is 1. The van der Waals surface area contributed by atoms with Crippen LogP contribution in [0.2, 0.25) is 0 Å². The van der Waals surface area contributed by atoms with Crippen molar-refractivity contribution < 1.29 is 9.53 Å². The largest absolute Gasteiger partial charge is 0.496 e. The highest BCUT2D eigenvalue weighted by Crippen LogP contribution is 2.22. The molecule has 0 saturated carbocycles. The van der Waals surface area contributed by atoms with Gasteiger partial charge in [-0.05, 0) is 31.3 Å². The van der Waals surface area contributed by atoms with Gasteiger partial charge in [0, 0.05) is 52.4 Å². The van der Waals surface area contributed by atoms with Crippen molar-refractivity contribution in [2.45, 2.75) is 0 Å². The van der Waals surface area contributed by atoms with Gasteiger partial charge < -0.3 is 24.3 Å². The smallest absolute Gasteiger partial charge is 0.257 e. The molecule has 8 heteroatoms. The van der Waals surface area contributed by atoms with Crippen LogP contribution < -0.4 is 14.5 Å². The van der Waals surface area contributed by atoms with Gasteiger partial charge in [0.25, 0.3) is 5.91 Å². The normalized spacial score (nSPS) is 18.1. The molecular weight excluding hydrogens is 368 g/mol. The van der Waals surface area contributed by atoms with Gasteiger partial charge in [0.05, 0.1) is 12.7 Å². The van der Waals surface area contributed by atoms with Crippen LogP contribution in [0.4, 0.5) is 11.6 Å². The van der Waals surface area contributed by atoms with Crippen molar-refractivity contribution >= 4 is 17.5 Å². The second kappa shape index (κ2) is 8.65. The number of hydrogen-bond acceptors (Lipinski definition) is 7. The van der Waals surface area contributed by atoms with Crippen LogP contribution >= 0.6 is 0 Å². The van der Waals surface area contributed by atoms with Gasteiger partial charge in [-0.2, -0.15) is 0 Å². The summed E-state index contributed by atoms with van der Waals surface area (Å²) in [6, 6.07) is 11.5. The number of carbonyl (C=O) groups is 1. The molecule has 29 heavy (non-hydrogen) atoms. The SMILES string of the molecule is COc1ccccc1C(=O)N1CCN(c2ccc(N3CCN(C)CC3)nn2)CC1. The Morgan fingerprint density at radius 1 is 0.828 bits per heavy atom. The van der Waals surface area contributed by atoms with E-state index in [9.17, 15) is 4.79 Å². The van der Waals surface area contributed by atoms with Gasteiger partial charge in [-0.1, -0.05) is 12.1 Å². The third-order valence-electron chi connectivity index (χ3n) is 5.69. The van der Waals surface area contributed by atoms with E-state index in [1.165, 1.54) is 0 Å². The first kappa shape index (κ1) is 19.4. The Hall–Kier alpha value is -2.87. The third kappa shape index (κ3) is 4.27. The first-order valence-corrected chi connectivity index (χ1v) is 10.1. The summed E-state index contributed by atoms with van der Waals surface area (Å²) in [7, 11) is 3.74. The summed E-state index contributed by atoms with van der Waals surface area (Å²) in [6.07, 6.45) is 0. The molecule has 154 valence electrons. The molecule has 2 aliphatic heterocycles. The molecule has 0 radical (unpaired) electrons. The molecule has 1 aromatic heterocycles. The fourth-order valence-corrected chi connectivity index (χ4v) is 3.82. The molecular formula is C21H28N6O2. The lowest BCUT2D eigenvalue weighted by atomic mass is 10.1. The Morgan fingerprint density at radius 3 is 1.93 bits per heavy atom. The van der Waals surface area contributed by atoms with E-state index < -0.39 is 0 Å². The summed E-state index contributed by atoms with van der Waals surface area (Å²) in [6.45, 7) is 6.84. The van der Waals surface area contributed by atoms with E-state index in [4.69, 9.17) is 4.74 Å². The van der Waals surface area contributed by atoms with Crippen LogP contribution in [0.25, 0.3) is 0 Å². The maximum Gasteiger partial charge on any atom is 0.257 e. The van der Waals surface area contributed by atoms with Gasteiger partial charge in [0.15, 0.2) is 11.6 Å². The van der Waals surface area contributed by atoms with Crippen molar-refractivity contribution in [3.63, 3.8) is 0 Å². The summed E-state index contributed by atoms with van der Waals surface area (Å²) < 4.78 is 5.33. The zero-order chi connectivity index (χ0) is 20.2. The maximum absolute atomic E-state index is 12.9. The average molecular weight is 396 g/mol. The van der Waals surface area contributed by atoms with Crippen molar-refractivity contribution in [1.29, 1.82) is 0 Å². The van der Waals surface area contributed by atoms with E-state index in [-0.39, 0.29) is 5.91 Å². The lowest BCUT2D eigenvalue weighted by Gasteiger charge is -2.36. The molecule has 2 aliphatic rings. The molecule has 1 aromatic carbocycles. The van der Waals surface area contributed by atoms with Gasteiger partial charge in [-0.25, -0.2) is 0 Å². The summed E-state index contributed by atoms with van der Waals surface area (Å²) in [5, 5.41) is 8.89. The van der Waals surface area contributed by atoms with Gasteiger partial charge in [-0.3, -0.25) is 4.79 Å². The predicted octanol–water partition coefficient (Wildman–Crippen LogP) is 1.20. The number of likely N-dealkylation sites (N-methyl/N-ethyl adjacent to an activating group) is 1. The second-order valence-corrected chi connectivity index (χ2v) is 7.52. The molecule has 0 bridgehead atoms. The molecule has 1 amide bonds. The topological polar surface area (TPSA) is 65.0 Å². The molecule has 2 aromatic rings. The minimum Gasteiger partial charge on any atom is -0.496 e. The molecule has 8 nitrogen and oxygen atoms in total. The summed E-state index contributed by atoms with van der Waals surface area (Å²) in [4.78, 5) is 21.5. The summed E-state index contributed by atoms with van der Waals surface area (Å²) >= 11 is 0. The Kier molecular flexibility index (Phi) is 5.80. The Labute approximate surface area is 171 Å². The highest BCUT2D eigenvalue weighted by atomic mass is 16.5. The van der Waals surface area contributed by atoms with E-state index >= 15 is 0 Å².